The Kier molecular flexibility index (Phi) is 5.64. The zero-order valence-corrected chi connectivity index (χ0v) is 14.7. The number of esters is 1. The van der Waals surface area contributed by atoms with Crippen LogP contribution in [0.4, 0.5) is 23.2 Å². The minimum atomic E-state index is -5.08. The molecule has 0 heterocycles. The van der Waals surface area contributed by atoms with Crippen molar-refractivity contribution in [3.63, 3.8) is 0 Å². The summed E-state index contributed by atoms with van der Waals surface area (Å²) in [6.45, 7) is 0. The summed E-state index contributed by atoms with van der Waals surface area (Å²) in [6.07, 6.45) is -5.08. The summed E-state index contributed by atoms with van der Waals surface area (Å²) in [6, 6.07) is 3.76. The molecule has 12 heteroatoms. The lowest BCUT2D eigenvalue weighted by Gasteiger charge is -2.15. The van der Waals surface area contributed by atoms with E-state index in [9.17, 15) is 35.6 Å². The number of halogens is 4. The molecule has 0 aromatic heterocycles. The first-order chi connectivity index (χ1) is 12.9. The van der Waals surface area contributed by atoms with E-state index < -0.39 is 61.2 Å². The molecule has 28 heavy (non-hydrogen) atoms. The van der Waals surface area contributed by atoms with Crippen LogP contribution >= 0.6 is 0 Å². The average Bonchev–Trinajstić information content (AvgIpc) is 2.59. The lowest BCUT2D eigenvalue weighted by Crippen LogP contribution is -2.19. The number of methoxy groups -OCH3 is 1. The SMILES string of the molecule is COC(=O)c1ccc(F)cc1S(=O)(=O)Nc1ccc(C(=O)O)c(C(F)(F)F)c1. The molecule has 2 N–H and O–H groups in total. The monoisotopic (exact) mass is 421 g/mol. The van der Waals surface area contributed by atoms with E-state index in [1.807, 2.05) is 0 Å². The number of anilines is 1. The van der Waals surface area contributed by atoms with Crippen LogP contribution in [-0.2, 0) is 20.9 Å². The average molecular weight is 421 g/mol. The summed E-state index contributed by atoms with van der Waals surface area (Å²) in [4.78, 5) is 21.8. The Hall–Kier alpha value is -3.15. The molecule has 0 bridgehead atoms. The normalized spacial score (nSPS) is 11.8. The lowest BCUT2D eigenvalue weighted by atomic mass is 10.1. The van der Waals surface area contributed by atoms with Crippen LogP contribution in [0.2, 0.25) is 0 Å². The molecule has 0 amide bonds. The quantitative estimate of drug-likeness (QED) is 0.567. The molecule has 0 saturated carbocycles. The van der Waals surface area contributed by atoms with Crippen molar-refractivity contribution in [2.24, 2.45) is 0 Å². The number of benzene rings is 2. The van der Waals surface area contributed by atoms with Gasteiger partial charge in [0.1, 0.15) is 10.7 Å². The molecule has 0 radical (unpaired) electrons. The van der Waals surface area contributed by atoms with E-state index in [-0.39, 0.29) is 6.07 Å². The summed E-state index contributed by atoms with van der Waals surface area (Å²) in [5, 5.41) is 8.85. The summed E-state index contributed by atoms with van der Waals surface area (Å²) < 4.78 is 83.8. The van der Waals surface area contributed by atoms with Gasteiger partial charge in [-0.05, 0) is 36.4 Å². The number of aromatic carboxylic acids is 1. The fourth-order valence-corrected chi connectivity index (χ4v) is 3.49. The Labute approximate surface area is 155 Å². The summed E-state index contributed by atoms with van der Waals surface area (Å²) in [5.41, 5.74) is -3.86. The van der Waals surface area contributed by atoms with Crippen LogP contribution in [0.15, 0.2) is 41.3 Å². The molecule has 0 spiro atoms. The van der Waals surface area contributed by atoms with Gasteiger partial charge >= 0.3 is 18.1 Å². The highest BCUT2D eigenvalue weighted by molar-refractivity contribution is 7.92. The molecule has 0 fully saturated rings. The van der Waals surface area contributed by atoms with Crippen LogP contribution in [0.25, 0.3) is 0 Å². The smallest absolute Gasteiger partial charge is 0.417 e. The van der Waals surface area contributed by atoms with E-state index in [1.54, 1.807) is 4.72 Å². The molecule has 0 saturated heterocycles. The first kappa shape index (κ1) is 21.2. The molecule has 2 rings (SSSR count). The van der Waals surface area contributed by atoms with Crippen molar-refractivity contribution in [2.75, 3.05) is 11.8 Å². The second-order valence-corrected chi connectivity index (χ2v) is 6.95. The van der Waals surface area contributed by atoms with Crippen LogP contribution in [-0.4, -0.2) is 32.6 Å². The van der Waals surface area contributed by atoms with E-state index in [0.717, 1.165) is 25.3 Å². The van der Waals surface area contributed by atoms with Gasteiger partial charge in [0.2, 0.25) is 0 Å². The van der Waals surface area contributed by atoms with E-state index in [2.05, 4.69) is 4.74 Å². The van der Waals surface area contributed by atoms with Crippen molar-refractivity contribution in [1.29, 1.82) is 0 Å². The van der Waals surface area contributed by atoms with Crippen LogP contribution in [0.5, 0.6) is 0 Å². The van der Waals surface area contributed by atoms with Gasteiger partial charge in [0, 0.05) is 5.69 Å². The summed E-state index contributed by atoms with van der Waals surface area (Å²) >= 11 is 0. The van der Waals surface area contributed by atoms with Gasteiger partial charge in [-0.15, -0.1) is 0 Å². The molecule has 0 unspecified atom stereocenters. The highest BCUT2D eigenvalue weighted by Gasteiger charge is 2.36. The van der Waals surface area contributed by atoms with Crippen LogP contribution in [0, 0.1) is 5.82 Å². The van der Waals surface area contributed by atoms with Crippen molar-refractivity contribution < 1.29 is 45.4 Å². The maximum Gasteiger partial charge on any atom is 0.417 e. The minimum Gasteiger partial charge on any atom is -0.478 e. The molecular formula is C16H11F4NO6S. The van der Waals surface area contributed by atoms with E-state index >= 15 is 0 Å². The standard InChI is InChI=1S/C16H11F4NO6S/c1-27-15(24)11-4-2-8(17)6-13(11)28(25,26)21-9-3-5-10(14(22)23)12(7-9)16(18,19)20/h2-7,21H,1H3,(H,22,23). The molecule has 0 atom stereocenters. The Morgan fingerprint density at radius 2 is 1.68 bits per heavy atom. The van der Waals surface area contributed by atoms with Crippen LogP contribution in [0.1, 0.15) is 26.3 Å². The van der Waals surface area contributed by atoms with Crippen molar-refractivity contribution >= 4 is 27.6 Å². The molecule has 0 aliphatic rings. The molecule has 2 aromatic carbocycles. The van der Waals surface area contributed by atoms with Gasteiger partial charge < -0.3 is 9.84 Å². The molecule has 2 aromatic rings. The van der Waals surface area contributed by atoms with Gasteiger partial charge in [-0.3, -0.25) is 4.72 Å². The number of sulfonamides is 1. The third kappa shape index (κ3) is 4.39. The number of carboxylic acid groups (broad SMARTS) is 1. The lowest BCUT2D eigenvalue weighted by molar-refractivity contribution is -0.138. The number of carbonyl (C=O) groups excluding carboxylic acids is 1. The maximum absolute atomic E-state index is 13.5. The minimum absolute atomic E-state index is 0.276. The van der Waals surface area contributed by atoms with Crippen LogP contribution in [0.3, 0.4) is 0 Å². The van der Waals surface area contributed by atoms with Gasteiger partial charge in [-0.2, -0.15) is 13.2 Å². The highest BCUT2D eigenvalue weighted by Crippen LogP contribution is 2.34. The number of carbonyl (C=O) groups is 2. The zero-order chi connectivity index (χ0) is 21.3. The summed E-state index contributed by atoms with van der Waals surface area (Å²) in [5.74, 6) is -4.00. The second-order valence-electron chi connectivity index (χ2n) is 5.30. The van der Waals surface area contributed by atoms with Gasteiger partial charge in [-0.1, -0.05) is 0 Å². The van der Waals surface area contributed by atoms with E-state index in [4.69, 9.17) is 5.11 Å². The van der Waals surface area contributed by atoms with E-state index in [1.165, 1.54) is 0 Å². The number of alkyl halides is 3. The zero-order valence-electron chi connectivity index (χ0n) is 13.9. The fraction of sp³-hybridized carbons (Fsp3) is 0.125. The van der Waals surface area contributed by atoms with Crippen molar-refractivity contribution in [3.8, 4) is 0 Å². The second kappa shape index (κ2) is 7.46. The number of ether oxygens (including phenoxy) is 1. The third-order valence-corrected chi connectivity index (χ3v) is 4.87. The Morgan fingerprint density at radius 1 is 1.07 bits per heavy atom. The van der Waals surface area contributed by atoms with Gasteiger partial charge in [0.25, 0.3) is 10.0 Å². The van der Waals surface area contributed by atoms with Crippen LogP contribution < -0.4 is 4.72 Å². The third-order valence-electron chi connectivity index (χ3n) is 3.45. The first-order valence-electron chi connectivity index (χ1n) is 7.22. The number of hydrogen-bond donors (Lipinski definition) is 2. The Morgan fingerprint density at radius 3 is 2.21 bits per heavy atom. The predicted molar refractivity (Wildman–Crippen MR) is 87.0 cm³/mol. The van der Waals surface area contributed by atoms with E-state index in [0.29, 0.717) is 12.1 Å². The topological polar surface area (TPSA) is 110 Å². The fourth-order valence-electron chi connectivity index (χ4n) is 2.24. The molecule has 0 aliphatic heterocycles. The largest absolute Gasteiger partial charge is 0.478 e. The molecule has 7 nitrogen and oxygen atoms in total. The van der Waals surface area contributed by atoms with Gasteiger partial charge in [0.15, 0.2) is 0 Å². The Balaban J connectivity index is 2.56. The molecular weight excluding hydrogens is 410 g/mol. The number of rotatable bonds is 5. The van der Waals surface area contributed by atoms with Crippen molar-refractivity contribution in [1.82, 2.24) is 0 Å². The van der Waals surface area contributed by atoms with Gasteiger partial charge in [-0.25, -0.2) is 22.4 Å². The van der Waals surface area contributed by atoms with Crippen molar-refractivity contribution in [2.45, 2.75) is 11.1 Å². The number of nitrogens with one attached hydrogen (secondary N) is 1. The molecule has 0 aliphatic carbocycles. The highest BCUT2D eigenvalue weighted by atomic mass is 32.2. The number of hydrogen-bond acceptors (Lipinski definition) is 5. The van der Waals surface area contributed by atoms with Gasteiger partial charge in [0.05, 0.1) is 23.8 Å². The first-order valence-corrected chi connectivity index (χ1v) is 8.70. The Bertz CT molecular complexity index is 1050. The maximum atomic E-state index is 13.5. The predicted octanol–water partition coefficient (Wildman–Crippen LogP) is 3.13. The molecule has 150 valence electrons. The number of carboxylic acids is 1. The van der Waals surface area contributed by atoms with Crippen molar-refractivity contribution in [3.05, 3.63) is 58.9 Å². The summed E-state index contributed by atoms with van der Waals surface area (Å²) in [7, 11) is -3.77.